The lowest BCUT2D eigenvalue weighted by atomic mass is 9.87. The fourth-order valence-electron chi connectivity index (χ4n) is 3.85. The standard InChI is InChI=1S/C25H35N3O2/c1-25(2,3)20-9-7-10-21(19-20)26-24(29)13-8-14-27-15-17-28(18-16-27)22-11-5-6-12-23(22)30-4/h5-7,9-12,19H,8,13-18H2,1-4H3,(H,26,29). The Bertz CT molecular complexity index is 836. The maximum atomic E-state index is 12.4. The Kier molecular flexibility index (Phi) is 7.38. The summed E-state index contributed by atoms with van der Waals surface area (Å²) < 4.78 is 5.49. The number of carbonyl (C=O) groups is 1. The normalized spacial score (nSPS) is 15.1. The second-order valence-corrected chi connectivity index (χ2v) is 8.98. The second-order valence-electron chi connectivity index (χ2n) is 8.98. The molecule has 5 nitrogen and oxygen atoms in total. The lowest BCUT2D eigenvalue weighted by Gasteiger charge is -2.36. The SMILES string of the molecule is COc1ccccc1N1CCN(CCCC(=O)Nc2cccc(C(C)(C)C)c2)CC1. The molecule has 1 saturated heterocycles. The van der Waals surface area contributed by atoms with E-state index in [1.165, 1.54) is 5.56 Å². The largest absolute Gasteiger partial charge is 0.495 e. The summed E-state index contributed by atoms with van der Waals surface area (Å²) in [4.78, 5) is 17.2. The van der Waals surface area contributed by atoms with E-state index in [0.717, 1.165) is 56.3 Å². The number of amides is 1. The molecule has 0 aromatic heterocycles. The van der Waals surface area contributed by atoms with Crippen molar-refractivity contribution in [2.75, 3.05) is 50.1 Å². The second kappa shape index (κ2) is 9.98. The average molecular weight is 410 g/mol. The van der Waals surface area contributed by atoms with Crippen LogP contribution in [0.3, 0.4) is 0 Å². The molecule has 0 radical (unpaired) electrons. The van der Waals surface area contributed by atoms with Crippen molar-refractivity contribution in [2.45, 2.75) is 39.0 Å². The van der Waals surface area contributed by atoms with E-state index in [1.807, 2.05) is 24.3 Å². The molecule has 0 atom stereocenters. The van der Waals surface area contributed by atoms with Gasteiger partial charge in [-0.05, 0) is 48.2 Å². The van der Waals surface area contributed by atoms with E-state index in [4.69, 9.17) is 4.74 Å². The van der Waals surface area contributed by atoms with Crippen molar-refractivity contribution in [3.05, 3.63) is 54.1 Å². The maximum Gasteiger partial charge on any atom is 0.224 e. The minimum atomic E-state index is 0.0760. The molecule has 1 amide bonds. The van der Waals surface area contributed by atoms with Gasteiger partial charge in [0.05, 0.1) is 12.8 Å². The van der Waals surface area contributed by atoms with Crippen LogP contribution >= 0.6 is 0 Å². The van der Waals surface area contributed by atoms with E-state index in [2.05, 4.69) is 60.2 Å². The number of benzene rings is 2. The molecule has 5 heteroatoms. The van der Waals surface area contributed by atoms with E-state index in [1.54, 1.807) is 7.11 Å². The van der Waals surface area contributed by atoms with Gasteiger partial charge in [-0.2, -0.15) is 0 Å². The fraction of sp³-hybridized carbons (Fsp3) is 0.480. The molecule has 1 fully saturated rings. The zero-order valence-electron chi connectivity index (χ0n) is 18.8. The summed E-state index contributed by atoms with van der Waals surface area (Å²) in [5.41, 5.74) is 3.36. The summed E-state index contributed by atoms with van der Waals surface area (Å²) in [7, 11) is 1.72. The molecule has 0 saturated carbocycles. The molecule has 0 unspecified atom stereocenters. The van der Waals surface area contributed by atoms with Gasteiger partial charge >= 0.3 is 0 Å². The molecule has 1 aliphatic heterocycles. The number of para-hydroxylation sites is 2. The highest BCUT2D eigenvalue weighted by molar-refractivity contribution is 5.90. The van der Waals surface area contributed by atoms with Crippen LogP contribution in [0.1, 0.15) is 39.2 Å². The van der Waals surface area contributed by atoms with Crippen LogP contribution in [0.2, 0.25) is 0 Å². The zero-order chi connectivity index (χ0) is 21.6. The Hall–Kier alpha value is -2.53. The molecular formula is C25H35N3O2. The topological polar surface area (TPSA) is 44.8 Å². The first kappa shape index (κ1) is 22.2. The van der Waals surface area contributed by atoms with E-state index in [0.29, 0.717) is 6.42 Å². The van der Waals surface area contributed by atoms with Gasteiger partial charge in [-0.1, -0.05) is 45.0 Å². The van der Waals surface area contributed by atoms with Gasteiger partial charge in [-0.25, -0.2) is 0 Å². The highest BCUT2D eigenvalue weighted by atomic mass is 16.5. The highest BCUT2D eigenvalue weighted by Crippen LogP contribution is 2.28. The molecule has 3 rings (SSSR count). The number of rotatable bonds is 7. The minimum absolute atomic E-state index is 0.0760. The van der Waals surface area contributed by atoms with Gasteiger partial charge in [0, 0.05) is 38.3 Å². The van der Waals surface area contributed by atoms with Crippen LogP contribution < -0.4 is 15.0 Å². The first-order chi connectivity index (χ1) is 14.4. The summed E-state index contributed by atoms with van der Waals surface area (Å²) in [5, 5.41) is 3.05. The molecule has 0 bridgehead atoms. The third-order valence-electron chi connectivity index (χ3n) is 5.69. The molecule has 0 spiro atoms. The summed E-state index contributed by atoms with van der Waals surface area (Å²) in [5.74, 6) is 1.02. The predicted octanol–water partition coefficient (Wildman–Crippen LogP) is 4.53. The number of carbonyl (C=O) groups excluding carboxylic acids is 1. The molecule has 1 aliphatic rings. The third-order valence-corrected chi connectivity index (χ3v) is 5.69. The number of hydrogen-bond donors (Lipinski definition) is 1. The monoisotopic (exact) mass is 409 g/mol. The molecular weight excluding hydrogens is 374 g/mol. The predicted molar refractivity (Wildman–Crippen MR) is 125 cm³/mol. The zero-order valence-corrected chi connectivity index (χ0v) is 18.8. The van der Waals surface area contributed by atoms with Gasteiger partial charge in [0.25, 0.3) is 0 Å². The van der Waals surface area contributed by atoms with Gasteiger partial charge in [0.1, 0.15) is 5.75 Å². The van der Waals surface area contributed by atoms with Crippen molar-refractivity contribution in [2.24, 2.45) is 0 Å². The lowest BCUT2D eigenvalue weighted by molar-refractivity contribution is -0.116. The minimum Gasteiger partial charge on any atom is -0.495 e. The Morgan fingerprint density at radius 1 is 1.03 bits per heavy atom. The van der Waals surface area contributed by atoms with Crippen LogP contribution in [0.5, 0.6) is 5.75 Å². The Balaban J connectivity index is 1.41. The Labute approximate surface area is 181 Å². The molecule has 2 aromatic carbocycles. The van der Waals surface area contributed by atoms with E-state index < -0.39 is 0 Å². The molecule has 30 heavy (non-hydrogen) atoms. The molecule has 1 N–H and O–H groups in total. The van der Waals surface area contributed by atoms with Crippen molar-refractivity contribution in [3.8, 4) is 5.75 Å². The molecule has 162 valence electrons. The van der Waals surface area contributed by atoms with Crippen LogP contribution in [0, 0.1) is 0 Å². The average Bonchev–Trinajstić information content (AvgIpc) is 2.74. The van der Waals surface area contributed by atoms with Crippen LogP contribution in [-0.4, -0.2) is 50.6 Å². The number of methoxy groups -OCH3 is 1. The van der Waals surface area contributed by atoms with Crippen molar-refractivity contribution in [1.29, 1.82) is 0 Å². The van der Waals surface area contributed by atoms with Gasteiger partial charge in [-0.3, -0.25) is 9.69 Å². The number of anilines is 2. The highest BCUT2D eigenvalue weighted by Gasteiger charge is 2.19. The Morgan fingerprint density at radius 3 is 2.47 bits per heavy atom. The number of hydrogen-bond acceptors (Lipinski definition) is 4. The quantitative estimate of drug-likeness (QED) is 0.730. The number of piperazine rings is 1. The van der Waals surface area contributed by atoms with Crippen LogP contribution in [0.25, 0.3) is 0 Å². The van der Waals surface area contributed by atoms with Crippen molar-refractivity contribution >= 4 is 17.3 Å². The first-order valence-electron chi connectivity index (χ1n) is 10.9. The number of nitrogens with one attached hydrogen (secondary N) is 1. The first-order valence-corrected chi connectivity index (χ1v) is 10.9. The van der Waals surface area contributed by atoms with Crippen molar-refractivity contribution in [3.63, 3.8) is 0 Å². The third kappa shape index (κ3) is 5.99. The van der Waals surface area contributed by atoms with Gasteiger partial charge in [-0.15, -0.1) is 0 Å². The molecule has 1 heterocycles. The van der Waals surface area contributed by atoms with E-state index in [9.17, 15) is 4.79 Å². The van der Waals surface area contributed by atoms with Gasteiger partial charge in [0.2, 0.25) is 5.91 Å². The van der Waals surface area contributed by atoms with Crippen molar-refractivity contribution < 1.29 is 9.53 Å². The number of ether oxygens (including phenoxy) is 1. The van der Waals surface area contributed by atoms with Gasteiger partial charge < -0.3 is 15.0 Å². The van der Waals surface area contributed by atoms with Gasteiger partial charge in [0.15, 0.2) is 0 Å². The van der Waals surface area contributed by atoms with E-state index >= 15 is 0 Å². The lowest BCUT2D eigenvalue weighted by Crippen LogP contribution is -2.46. The summed E-state index contributed by atoms with van der Waals surface area (Å²) in [6.07, 6.45) is 1.42. The molecule has 0 aliphatic carbocycles. The summed E-state index contributed by atoms with van der Waals surface area (Å²) in [6, 6.07) is 16.4. The molecule has 2 aromatic rings. The Morgan fingerprint density at radius 2 is 1.77 bits per heavy atom. The van der Waals surface area contributed by atoms with Crippen LogP contribution in [-0.2, 0) is 10.2 Å². The fourth-order valence-corrected chi connectivity index (χ4v) is 3.85. The van der Waals surface area contributed by atoms with E-state index in [-0.39, 0.29) is 11.3 Å². The summed E-state index contributed by atoms with van der Waals surface area (Å²) in [6.45, 7) is 11.5. The smallest absolute Gasteiger partial charge is 0.224 e. The van der Waals surface area contributed by atoms with Crippen LogP contribution in [0.15, 0.2) is 48.5 Å². The van der Waals surface area contributed by atoms with Crippen molar-refractivity contribution in [1.82, 2.24) is 4.90 Å². The van der Waals surface area contributed by atoms with Crippen LogP contribution in [0.4, 0.5) is 11.4 Å². The summed E-state index contributed by atoms with van der Waals surface area (Å²) >= 11 is 0. The number of nitrogens with zero attached hydrogens (tertiary/aromatic N) is 2. The maximum absolute atomic E-state index is 12.4.